The van der Waals surface area contributed by atoms with Crippen LogP contribution in [-0.2, 0) is 26.2 Å². The van der Waals surface area contributed by atoms with Crippen LogP contribution >= 0.6 is 23.2 Å². The maximum absolute atomic E-state index is 14.0. The molecule has 0 aliphatic rings. The van der Waals surface area contributed by atoms with Gasteiger partial charge in [0, 0.05) is 28.2 Å². The molecular weight excluding hydrogens is 557 g/mol. The van der Waals surface area contributed by atoms with Crippen LogP contribution in [0.3, 0.4) is 0 Å². The lowest BCUT2D eigenvalue weighted by Gasteiger charge is -2.33. The fourth-order valence-corrected chi connectivity index (χ4v) is 5.99. The summed E-state index contributed by atoms with van der Waals surface area (Å²) in [7, 11) is -4.13. The van der Waals surface area contributed by atoms with E-state index in [9.17, 15) is 18.0 Å². The molecule has 0 saturated heterocycles. The molecule has 10 heteroatoms. The molecule has 208 valence electrons. The first-order chi connectivity index (χ1) is 18.5. The SMILES string of the molecule is CC[C@H](C)NC(=O)[C@@H](C)N(Cc1c(Cl)cccc1Cl)C(=O)CN(c1ccccc1C)S(=O)(=O)c1ccccc1. The van der Waals surface area contributed by atoms with Crippen LogP contribution in [0.15, 0.2) is 77.7 Å². The van der Waals surface area contributed by atoms with Crippen molar-refractivity contribution in [3.8, 4) is 0 Å². The first-order valence-electron chi connectivity index (χ1n) is 12.6. The molecule has 0 aliphatic heterocycles. The number of carbonyl (C=O) groups is 2. The maximum atomic E-state index is 14.0. The van der Waals surface area contributed by atoms with E-state index in [1.807, 2.05) is 13.8 Å². The van der Waals surface area contributed by atoms with Gasteiger partial charge in [-0.3, -0.25) is 13.9 Å². The van der Waals surface area contributed by atoms with Crippen LogP contribution in [0.1, 0.15) is 38.3 Å². The minimum absolute atomic E-state index is 0.0457. The average Bonchev–Trinajstić information content (AvgIpc) is 2.92. The molecule has 0 saturated carbocycles. The van der Waals surface area contributed by atoms with Crippen LogP contribution in [0.4, 0.5) is 5.69 Å². The minimum atomic E-state index is -4.13. The first kappa shape index (κ1) is 30.5. The van der Waals surface area contributed by atoms with Crippen molar-refractivity contribution in [2.75, 3.05) is 10.8 Å². The third-order valence-corrected chi connectivity index (χ3v) is 9.03. The standard InChI is InChI=1S/C29H33Cl2N3O4S/c1-5-21(3)32-29(36)22(4)33(18-24-25(30)15-11-16-26(24)31)28(35)19-34(27-17-10-9-12-20(27)2)39(37,38)23-13-7-6-8-14-23/h6-17,21-22H,5,18-19H2,1-4H3,(H,32,36)/t21-,22+/m0/s1. The second-order valence-electron chi connectivity index (χ2n) is 9.33. The highest BCUT2D eigenvalue weighted by Gasteiger charge is 2.33. The normalized spacial score (nSPS) is 12.9. The zero-order chi connectivity index (χ0) is 28.7. The summed E-state index contributed by atoms with van der Waals surface area (Å²) >= 11 is 12.8. The molecule has 0 aromatic heterocycles. The van der Waals surface area contributed by atoms with Crippen molar-refractivity contribution in [1.29, 1.82) is 0 Å². The topological polar surface area (TPSA) is 86.8 Å². The monoisotopic (exact) mass is 589 g/mol. The molecule has 3 aromatic rings. The first-order valence-corrected chi connectivity index (χ1v) is 14.8. The second-order valence-corrected chi connectivity index (χ2v) is 12.0. The predicted molar refractivity (Wildman–Crippen MR) is 157 cm³/mol. The number of amides is 2. The average molecular weight is 591 g/mol. The van der Waals surface area contributed by atoms with Gasteiger partial charge in [-0.15, -0.1) is 0 Å². The van der Waals surface area contributed by atoms with Gasteiger partial charge in [-0.25, -0.2) is 8.42 Å². The number of halogens is 2. The number of hydrogen-bond donors (Lipinski definition) is 1. The van der Waals surface area contributed by atoms with Gasteiger partial charge in [-0.2, -0.15) is 0 Å². The van der Waals surface area contributed by atoms with E-state index in [1.165, 1.54) is 17.0 Å². The molecule has 2 amide bonds. The molecule has 0 aliphatic carbocycles. The van der Waals surface area contributed by atoms with E-state index in [2.05, 4.69) is 5.32 Å². The summed E-state index contributed by atoms with van der Waals surface area (Å²) in [4.78, 5) is 28.5. The molecule has 2 atom stereocenters. The quantitative estimate of drug-likeness (QED) is 0.305. The Balaban J connectivity index is 2.07. The van der Waals surface area contributed by atoms with Crippen molar-refractivity contribution in [2.45, 2.75) is 57.6 Å². The summed E-state index contributed by atoms with van der Waals surface area (Å²) in [6.45, 7) is 6.57. The van der Waals surface area contributed by atoms with Gasteiger partial charge in [0.2, 0.25) is 11.8 Å². The van der Waals surface area contributed by atoms with Gasteiger partial charge >= 0.3 is 0 Å². The molecule has 3 rings (SSSR count). The Morgan fingerprint density at radius 1 is 0.897 bits per heavy atom. The zero-order valence-electron chi connectivity index (χ0n) is 22.4. The Morgan fingerprint density at radius 2 is 1.49 bits per heavy atom. The molecule has 0 unspecified atom stereocenters. The number of hydrogen-bond acceptors (Lipinski definition) is 4. The summed E-state index contributed by atoms with van der Waals surface area (Å²) in [5.41, 5.74) is 1.50. The third-order valence-electron chi connectivity index (χ3n) is 6.55. The number of benzene rings is 3. The van der Waals surface area contributed by atoms with Crippen LogP contribution < -0.4 is 9.62 Å². The van der Waals surface area contributed by atoms with Gasteiger partial charge in [0.15, 0.2) is 0 Å². The molecule has 7 nitrogen and oxygen atoms in total. The number of carbonyl (C=O) groups excluding carboxylic acids is 2. The molecule has 0 fully saturated rings. The molecule has 39 heavy (non-hydrogen) atoms. The van der Waals surface area contributed by atoms with Crippen molar-refractivity contribution >= 4 is 50.7 Å². The highest BCUT2D eigenvalue weighted by Crippen LogP contribution is 2.29. The van der Waals surface area contributed by atoms with E-state index in [0.717, 1.165) is 4.31 Å². The van der Waals surface area contributed by atoms with Crippen LogP contribution in [0.2, 0.25) is 10.0 Å². The van der Waals surface area contributed by atoms with Crippen molar-refractivity contribution in [1.82, 2.24) is 10.2 Å². The number of sulfonamides is 1. The summed E-state index contributed by atoms with van der Waals surface area (Å²) < 4.78 is 28.7. The van der Waals surface area contributed by atoms with Gasteiger partial charge in [-0.05, 0) is 63.1 Å². The van der Waals surface area contributed by atoms with Crippen LogP contribution in [0.5, 0.6) is 0 Å². The van der Waals surface area contributed by atoms with E-state index >= 15 is 0 Å². The summed E-state index contributed by atoms with van der Waals surface area (Å²) in [6, 6.07) is 18.8. The number of rotatable bonds is 11. The minimum Gasteiger partial charge on any atom is -0.352 e. The smallest absolute Gasteiger partial charge is 0.264 e. The maximum Gasteiger partial charge on any atom is 0.264 e. The Bertz CT molecular complexity index is 1400. The van der Waals surface area contributed by atoms with Gasteiger partial charge in [0.25, 0.3) is 10.0 Å². The van der Waals surface area contributed by atoms with Crippen LogP contribution in [0.25, 0.3) is 0 Å². The largest absolute Gasteiger partial charge is 0.352 e. The summed E-state index contributed by atoms with van der Waals surface area (Å²) in [6.07, 6.45) is 0.707. The van der Waals surface area contributed by atoms with Crippen molar-refractivity contribution in [3.05, 3.63) is 94.0 Å². The Kier molecular flexibility index (Phi) is 10.4. The molecular formula is C29H33Cl2N3O4S. The van der Waals surface area contributed by atoms with Gasteiger partial charge < -0.3 is 10.2 Å². The van der Waals surface area contributed by atoms with E-state index in [4.69, 9.17) is 23.2 Å². The van der Waals surface area contributed by atoms with Crippen molar-refractivity contribution in [2.24, 2.45) is 0 Å². The molecule has 0 bridgehead atoms. The van der Waals surface area contributed by atoms with E-state index in [1.54, 1.807) is 74.5 Å². The fraction of sp³-hybridized carbons (Fsp3) is 0.310. The fourth-order valence-electron chi connectivity index (χ4n) is 3.98. The highest BCUT2D eigenvalue weighted by atomic mass is 35.5. The van der Waals surface area contributed by atoms with E-state index < -0.39 is 28.5 Å². The van der Waals surface area contributed by atoms with Gasteiger partial charge in [0.05, 0.1) is 10.6 Å². The number of nitrogens with zero attached hydrogens (tertiary/aromatic N) is 2. The summed E-state index contributed by atoms with van der Waals surface area (Å²) in [5.74, 6) is -0.949. The molecule has 0 heterocycles. The van der Waals surface area contributed by atoms with Crippen molar-refractivity contribution in [3.63, 3.8) is 0 Å². The number of anilines is 1. The van der Waals surface area contributed by atoms with Crippen LogP contribution in [0, 0.1) is 6.92 Å². The molecule has 1 N–H and O–H groups in total. The Morgan fingerprint density at radius 3 is 2.08 bits per heavy atom. The lowest BCUT2D eigenvalue weighted by Crippen LogP contribution is -2.52. The number of nitrogens with one attached hydrogen (secondary N) is 1. The molecule has 3 aromatic carbocycles. The number of para-hydroxylation sites is 1. The number of aryl methyl sites for hydroxylation is 1. The Labute approximate surface area is 240 Å². The Hall–Kier alpha value is -3.07. The second kappa shape index (κ2) is 13.3. The highest BCUT2D eigenvalue weighted by molar-refractivity contribution is 7.92. The van der Waals surface area contributed by atoms with Crippen molar-refractivity contribution < 1.29 is 18.0 Å². The predicted octanol–water partition coefficient (Wildman–Crippen LogP) is 5.83. The molecule has 0 spiro atoms. The van der Waals surface area contributed by atoms with Crippen LogP contribution in [-0.4, -0.2) is 43.8 Å². The third kappa shape index (κ3) is 7.32. The van der Waals surface area contributed by atoms with Gasteiger partial charge in [0.1, 0.15) is 12.6 Å². The van der Waals surface area contributed by atoms with E-state index in [0.29, 0.717) is 33.3 Å². The van der Waals surface area contributed by atoms with E-state index in [-0.39, 0.29) is 23.4 Å². The lowest BCUT2D eigenvalue weighted by atomic mass is 10.1. The molecule has 0 radical (unpaired) electrons. The van der Waals surface area contributed by atoms with Gasteiger partial charge in [-0.1, -0.05) is 72.6 Å². The lowest BCUT2D eigenvalue weighted by molar-refractivity contribution is -0.139. The summed E-state index contributed by atoms with van der Waals surface area (Å²) in [5, 5.41) is 3.57. The zero-order valence-corrected chi connectivity index (χ0v) is 24.7.